The number of methoxy groups -OCH3 is 2. The number of ether oxygens (including phenoxy) is 3. The van der Waals surface area contributed by atoms with Gasteiger partial charge in [0.05, 0.1) is 14.2 Å². The first-order valence-electron chi connectivity index (χ1n) is 10.3. The van der Waals surface area contributed by atoms with Crippen molar-refractivity contribution < 1.29 is 28.2 Å². The summed E-state index contributed by atoms with van der Waals surface area (Å²) < 4.78 is 21.8. The monoisotopic (exact) mass is 445 g/mol. The Kier molecular flexibility index (Phi) is 6.59. The maximum absolute atomic E-state index is 13.0. The van der Waals surface area contributed by atoms with E-state index < -0.39 is 5.97 Å². The van der Waals surface area contributed by atoms with Crippen LogP contribution in [-0.2, 0) is 17.9 Å². The van der Waals surface area contributed by atoms with Crippen LogP contribution in [0.3, 0.4) is 0 Å². The molecule has 0 unspecified atom stereocenters. The predicted octanol–water partition coefficient (Wildman–Crippen LogP) is 4.74. The minimum atomic E-state index is -0.516. The molecule has 1 amide bonds. The summed E-state index contributed by atoms with van der Waals surface area (Å²) >= 11 is 0. The molecular weight excluding hydrogens is 422 g/mol. The number of furan rings is 1. The molecule has 0 aliphatic carbocycles. The third-order valence-corrected chi connectivity index (χ3v) is 5.15. The van der Waals surface area contributed by atoms with Gasteiger partial charge in [0.1, 0.15) is 29.3 Å². The summed E-state index contributed by atoms with van der Waals surface area (Å²) in [5.41, 5.74) is 2.26. The molecule has 0 bridgehead atoms. The van der Waals surface area contributed by atoms with Crippen LogP contribution in [0.25, 0.3) is 11.0 Å². The molecule has 3 aromatic carbocycles. The molecular formula is C26H23NO6. The molecule has 0 aliphatic rings. The van der Waals surface area contributed by atoms with Gasteiger partial charge in [0.25, 0.3) is 5.91 Å². The molecule has 0 saturated heterocycles. The van der Waals surface area contributed by atoms with Crippen LogP contribution in [0, 0.1) is 0 Å². The van der Waals surface area contributed by atoms with Gasteiger partial charge in [0, 0.05) is 17.5 Å². The molecule has 7 heteroatoms. The largest absolute Gasteiger partial charge is 0.496 e. The zero-order chi connectivity index (χ0) is 23.2. The normalized spacial score (nSPS) is 10.6. The minimum Gasteiger partial charge on any atom is -0.496 e. The van der Waals surface area contributed by atoms with Crippen LogP contribution in [0.2, 0.25) is 0 Å². The third kappa shape index (κ3) is 4.82. The first kappa shape index (κ1) is 22.0. The van der Waals surface area contributed by atoms with E-state index in [0.29, 0.717) is 28.2 Å². The van der Waals surface area contributed by atoms with Crippen LogP contribution in [0.5, 0.6) is 11.5 Å². The summed E-state index contributed by atoms with van der Waals surface area (Å²) in [6.45, 7) is 0.363. The number of carbonyl (C=O) groups is 2. The van der Waals surface area contributed by atoms with Crippen molar-refractivity contribution in [3.8, 4) is 11.5 Å². The van der Waals surface area contributed by atoms with Crippen LogP contribution >= 0.6 is 0 Å². The van der Waals surface area contributed by atoms with Gasteiger partial charge in [0.2, 0.25) is 0 Å². The fourth-order valence-corrected chi connectivity index (χ4v) is 3.49. The van der Waals surface area contributed by atoms with Gasteiger partial charge in [-0.2, -0.15) is 0 Å². The summed E-state index contributed by atoms with van der Waals surface area (Å²) in [4.78, 5) is 25.1. The number of nitrogens with one attached hydrogen (secondary N) is 1. The topological polar surface area (TPSA) is 87.0 Å². The Bertz CT molecular complexity index is 1280. The van der Waals surface area contributed by atoms with Gasteiger partial charge in [-0.15, -0.1) is 0 Å². The standard InChI is InChI=1S/C26H23NO6/c1-30-22-13-12-17(14-20(22)26(29)31-2)15-27-25(28)24-21(16-32-18-8-4-3-5-9-18)19-10-6-7-11-23(19)33-24/h3-14H,15-16H2,1-2H3,(H,27,28). The maximum Gasteiger partial charge on any atom is 0.341 e. The highest BCUT2D eigenvalue weighted by molar-refractivity contribution is 5.99. The van der Waals surface area contributed by atoms with E-state index in [1.165, 1.54) is 14.2 Å². The van der Waals surface area contributed by atoms with Crippen molar-refractivity contribution >= 4 is 22.8 Å². The van der Waals surface area contributed by atoms with Crippen molar-refractivity contribution in [2.75, 3.05) is 14.2 Å². The Balaban J connectivity index is 1.55. The lowest BCUT2D eigenvalue weighted by molar-refractivity contribution is 0.0597. The van der Waals surface area contributed by atoms with Gasteiger partial charge in [-0.25, -0.2) is 4.79 Å². The molecule has 33 heavy (non-hydrogen) atoms. The van der Waals surface area contributed by atoms with Crippen LogP contribution in [0.4, 0.5) is 0 Å². The fraction of sp³-hybridized carbons (Fsp3) is 0.154. The van der Waals surface area contributed by atoms with E-state index in [9.17, 15) is 9.59 Å². The molecule has 168 valence electrons. The molecule has 4 rings (SSSR count). The average Bonchev–Trinajstić information content (AvgIpc) is 3.24. The number of fused-ring (bicyclic) bond motifs is 1. The predicted molar refractivity (Wildman–Crippen MR) is 122 cm³/mol. The fourth-order valence-electron chi connectivity index (χ4n) is 3.49. The number of esters is 1. The second-order valence-electron chi connectivity index (χ2n) is 7.22. The van der Waals surface area contributed by atoms with Crippen LogP contribution in [-0.4, -0.2) is 26.1 Å². The van der Waals surface area contributed by atoms with Crippen LogP contribution in [0.1, 0.15) is 32.0 Å². The molecule has 0 fully saturated rings. The Morgan fingerprint density at radius 2 is 1.70 bits per heavy atom. The average molecular weight is 445 g/mol. The first-order valence-corrected chi connectivity index (χ1v) is 10.3. The van der Waals surface area contributed by atoms with E-state index in [1.807, 2.05) is 54.6 Å². The van der Waals surface area contributed by atoms with Gasteiger partial charge in [0.15, 0.2) is 5.76 Å². The van der Waals surface area contributed by atoms with E-state index in [2.05, 4.69) is 5.32 Å². The quantitative estimate of drug-likeness (QED) is 0.394. The lowest BCUT2D eigenvalue weighted by Gasteiger charge is -2.10. The number of hydrogen-bond donors (Lipinski definition) is 1. The second-order valence-corrected chi connectivity index (χ2v) is 7.22. The summed E-state index contributed by atoms with van der Waals surface area (Å²) in [6, 6.07) is 21.9. The molecule has 0 aliphatic heterocycles. The molecule has 0 radical (unpaired) electrons. The maximum atomic E-state index is 13.0. The molecule has 0 spiro atoms. The zero-order valence-electron chi connectivity index (χ0n) is 18.3. The highest BCUT2D eigenvalue weighted by atomic mass is 16.5. The van der Waals surface area contributed by atoms with Crippen molar-refractivity contribution in [2.24, 2.45) is 0 Å². The SMILES string of the molecule is COC(=O)c1cc(CNC(=O)c2oc3ccccc3c2COc2ccccc2)ccc1OC. The number of para-hydroxylation sites is 2. The van der Waals surface area contributed by atoms with Crippen molar-refractivity contribution in [1.82, 2.24) is 5.32 Å². The molecule has 1 heterocycles. The number of carbonyl (C=O) groups excluding carboxylic acids is 2. The van der Waals surface area contributed by atoms with Crippen molar-refractivity contribution in [1.29, 1.82) is 0 Å². The van der Waals surface area contributed by atoms with Crippen molar-refractivity contribution in [2.45, 2.75) is 13.2 Å². The zero-order valence-corrected chi connectivity index (χ0v) is 18.3. The third-order valence-electron chi connectivity index (χ3n) is 5.15. The number of amides is 1. The van der Waals surface area contributed by atoms with Gasteiger partial charge in [-0.3, -0.25) is 4.79 Å². The van der Waals surface area contributed by atoms with E-state index in [0.717, 1.165) is 5.39 Å². The van der Waals surface area contributed by atoms with Crippen molar-refractivity contribution in [3.05, 3.63) is 95.2 Å². The highest BCUT2D eigenvalue weighted by Crippen LogP contribution is 2.28. The molecule has 0 saturated carbocycles. The van der Waals surface area contributed by atoms with E-state index in [1.54, 1.807) is 18.2 Å². The molecule has 1 aromatic heterocycles. The highest BCUT2D eigenvalue weighted by Gasteiger charge is 2.21. The molecule has 1 N–H and O–H groups in total. The summed E-state index contributed by atoms with van der Waals surface area (Å²) in [5, 5.41) is 3.67. The molecule has 7 nitrogen and oxygen atoms in total. The van der Waals surface area contributed by atoms with E-state index in [-0.39, 0.29) is 30.4 Å². The lowest BCUT2D eigenvalue weighted by Crippen LogP contribution is -2.24. The molecule has 0 atom stereocenters. The minimum absolute atomic E-state index is 0.179. The lowest BCUT2D eigenvalue weighted by atomic mass is 10.1. The Labute approximate surface area is 190 Å². The van der Waals surface area contributed by atoms with E-state index in [4.69, 9.17) is 18.6 Å². The van der Waals surface area contributed by atoms with Gasteiger partial charge >= 0.3 is 5.97 Å². The second kappa shape index (κ2) is 9.91. The number of benzene rings is 3. The summed E-state index contributed by atoms with van der Waals surface area (Å²) in [5.74, 6) is 0.386. The summed E-state index contributed by atoms with van der Waals surface area (Å²) in [7, 11) is 2.78. The van der Waals surface area contributed by atoms with Gasteiger partial charge in [-0.1, -0.05) is 42.5 Å². The van der Waals surface area contributed by atoms with E-state index >= 15 is 0 Å². The van der Waals surface area contributed by atoms with Crippen molar-refractivity contribution in [3.63, 3.8) is 0 Å². The Morgan fingerprint density at radius 3 is 2.45 bits per heavy atom. The smallest absolute Gasteiger partial charge is 0.341 e. The van der Waals surface area contributed by atoms with Crippen LogP contribution in [0.15, 0.2) is 77.2 Å². The van der Waals surface area contributed by atoms with Crippen LogP contribution < -0.4 is 14.8 Å². The number of rotatable bonds is 8. The van der Waals surface area contributed by atoms with Gasteiger partial charge < -0.3 is 23.9 Å². The first-order chi connectivity index (χ1) is 16.1. The van der Waals surface area contributed by atoms with Gasteiger partial charge in [-0.05, 0) is 35.9 Å². The molecule has 4 aromatic rings. The summed E-state index contributed by atoms with van der Waals surface area (Å²) in [6.07, 6.45) is 0. The Morgan fingerprint density at radius 1 is 0.939 bits per heavy atom. The Hall–Kier alpha value is -4.26. The number of hydrogen-bond acceptors (Lipinski definition) is 6.